The van der Waals surface area contributed by atoms with Gasteiger partial charge in [-0.3, -0.25) is 0 Å². The zero-order valence-electron chi connectivity index (χ0n) is 6.26. The highest BCUT2D eigenvalue weighted by atomic mass is 19.1. The fourth-order valence-corrected chi connectivity index (χ4v) is 0.937. The van der Waals surface area contributed by atoms with Gasteiger partial charge in [-0.2, -0.15) is 0 Å². The van der Waals surface area contributed by atoms with Crippen molar-refractivity contribution < 1.29 is 14.3 Å². The Labute approximate surface area is 63.1 Å². The third-order valence-electron chi connectivity index (χ3n) is 1.65. The lowest BCUT2D eigenvalue weighted by Gasteiger charge is -1.94. The Morgan fingerprint density at radius 1 is 1.73 bits per heavy atom. The van der Waals surface area contributed by atoms with E-state index in [9.17, 15) is 9.18 Å². The minimum absolute atomic E-state index is 0.243. The molecule has 60 valence electrons. The van der Waals surface area contributed by atoms with E-state index in [-0.39, 0.29) is 5.56 Å². The van der Waals surface area contributed by atoms with Crippen molar-refractivity contribution in [2.75, 3.05) is 0 Å². The van der Waals surface area contributed by atoms with Crippen LogP contribution in [-0.4, -0.2) is 15.6 Å². The maximum atomic E-state index is 12.7. The highest BCUT2D eigenvalue weighted by Gasteiger charge is 2.16. The highest BCUT2D eigenvalue weighted by Crippen LogP contribution is 2.13. The number of halogens is 1. The van der Waals surface area contributed by atoms with Gasteiger partial charge in [0.2, 0.25) is 0 Å². The molecule has 0 spiro atoms. The van der Waals surface area contributed by atoms with Crippen molar-refractivity contribution in [1.29, 1.82) is 0 Å². The van der Waals surface area contributed by atoms with Crippen LogP contribution in [0.3, 0.4) is 0 Å². The molecule has 0 aliphatic carbocycles. The minimum Gasteiger partial charge on any atom is -0.478 e. The lowest BCUT2D eigenvalue weighted by molar-refractivity contribution is 0.0691. The normalized spacial score (nSPS) is 10.1. The number of aromatic carboxylic acids is 1. The van der Waals surface area contributed by atoms with Crippen LogP contribution in [0.15, 0.2) is 6.20 Å². The van der Waals surface area contributed by atoms with E-state index < -0.39 is 11.8 Å². The zero-order chi connectivity index (χ0) is 8.59. The van der Waals surface area contributed by atoms with E-state index in [2.05, 4.69) is 0 Å². The van der Waals surface area contributed by atoms with Crippen molar-refractivity contribution in [2.45, 2.75) is 6.92 Å². The number of rotatable bonds is 1. The molecule has 1 aromatic heterocycles. The number of carbonyl (C=O) groups is 1. The summed E-state index contributed by atoms with van der Waals surface area (Å²) in [6.07, 6.45) is 1.15. The van der Waals surface area contributed by atoms with E-state index in [1.807, 2.05) is 0 Å². The first-order valence-electron chi connectivity index (χ1n) is 3.08. The summed E-state index contributed by atoms with van der Waals surface area (Å²) < 4.78 is 14.2. The summed E-state index contributed by atoms with van der Waals surface area (Å²) in [5, 5.41) is 8.51. The lowest BCUT2D eigenvalue weighted by Crippen LogP contribution is -2.00. The molecule has 0 saturated carbocycles. The molecule has 0 aliphatic rings. The molecule has 1 heterocycles. The second-order valence-corrected chi connectivity index (χ2v) is 2.35. The van der Waals surface area contributed by atoms with Crippen LogP contribution in [0.1, 0.15) is 16.1 Å². The Balaban J connectivity index is 3.34. The van der Waals surface area contributed by atoms with E-state index in [4.69, 9.17) is 5.11 Å². The maximum Gasteiger partial charge on any atom is 0.340 e. The third-order valence-corrected chi connectivity index (χ3v) is 1.65. The van der Waals surface area contributed by atoms with Gasteiger partial charge in [0.1, 0.15) is 5.56 Å². The summed E-state index contributed by atoms with van der Waals surface area (Å²) >= 11 is 0. The van der Waals surface area contributed by atoms with Gasteiger partial charge in [0.25, 0.3) is 0 Å². The van der Waals surface area contributed by atoms with Gasteiger partial charge < -0.3 is 9.67 Å². The molecule has 1 N–H and O–H groups in total. The highest BCUT2D eigenvalue weighted by molar-refractivity contribution is 5.89. The molecule has 11 heavy (non-hydrogen) atoms. The monoisotopic (exact) mass is 157 g/mol. The molecule has 0 aromatic carbocycles. The predicted octanol–water partition coefficient (Wildman–Crippen LogP) is 1.17. The van der Waals surface area contributed by atoms with Crippen molar-refractivity contribution in [2.24, 2.45) is 7.05 Å². The van der Waals surface area contributed by atoms with Crippen LogP contribution >= 0.6 is 0 Å². The summed E-state index contributed by atoms with van der Waals surface area (Å²) in [4.78, 5) is 10.4. The molecule has 0 aliphatic heterocycles. The average Bonchev–Trinajstić information content (AvgIpc) is 2.07. The van der Waals surface area contributed by atoms with Gasteiger partial charge in [-0.15, -0.1) is 0 Å². The van der Waals surface area contributed by atoms with Gasteiger partial charge in [-0.25, -0.2) is 9.18 Å². The summed E-state index contributed by atoms with van der Waals surface area (Å²) in [7, 11) is 1.60. The first-order chi connectivity index (χ1) is 5.04. The standard InChI is InChI=1S/C7H8FNO2/c1-4-6(7(10)11)5(8)3-9(4)2/h3H,1-2H3,(H,10,11). The van der Waals surface area contributed by atoms with Crippen molar-refractivity contribution in [3.8, 4) is 0 Å². The van der Waals surface area contributed by atoms with Crippen LogP contribution in [0.5, 0.6) is 0 Å². The maximum absolute atomic E-state index is 12.7. The molecule has 3 nitrogen and oxygen atoms in total. The molecule has 0 atom stereocenters. The molecule has 1 aromatic rings. The first kappa shape index (κ1) is 7.78. The molecule has 0 fully saturated rings. The summed E-state index contributed by atoms with van der Waals surface area (Å²) in [5.41, 5.74) is 0.183. The fourth-order valence-electron chi connectivity index (χ4n) is 0.937. The quantitative estimate of drug-likeness (QED) is 0.664. The molecule has 0 bridgehead atoms. The molecule has 1 rings (SSSR count). The second kappa shape index (κ2) is 2.38. The largest absolute Gasteiger partial charge is 0.478 e. The average molecular weight is 157 g/mol. The Hall–Kier alpha value is -1.32. The smallest absolute Gasteiger partial charge is 0.340 e. The molecule has 0 radical (unpaired) electrons. The Bertz CT molecular complexity index is 304. The van der Waals surface area contributed by atoms with Gasteiger partial charge in [-0.1, -0.05) is 0 Å². The van der Waals surface area contributed by atoms with E-state index in [1.165, 1.54) is 4.57 Å². The number of hydrogen-bond donors (Lipinski definition) is 1. The van der Waals surface area contributed by atoms with Crippen LogP contribution in [0.4, 0.5) is 4.39 Å². The summed E-state index contributed by atoms with van der Waals surface area (Å²) in [5.74, 6) is -1.90. The van der Waals surface area contributed by atoms with Crippen molar-refractivity contribution >= 4 is 5.97 Å². The van der Waals surface area contributed by atoms with E-state index >= 15 is 0 Å². The molecule has 0 amide bonds. The lowest BCUT2D eigenvalue weighted by atomic mass is 10.2. The summed E-state index contributed by atoms with van der Waals surface area (Å²) in [6.45, 7) is 1.56. The Kier molecular flexibility index (Phi) is 1.68. The third kappa shape index (κ3) is 1.11. The molecular weight excluding hydrogens is 149 g/mol. The van der Waals surface area contributed by atoms with E-state index in [1.54, 1.807) is 14.0 Å². The molecular formula is C7H8FNO2. The SMILES string of the molecule is Cc1c(C(=O)O)c(F)cn1C. The van der Waals surface area contributed by atoms with E-state index in [0.29, 0.717) is 5.69 Å². The van der Waals surface area contributed by atoms with Gasteiger partial charge in [0.15, 0.2) is 5.82 Å². The van der Waals surface area contributed by atoms with Crippen molar-refractivity contribution in [3.63, 3.8) is 0 Å². The van der Waals surface area contributed by atoms with Gasteiger partial charge in [0.05, 0.1) is 0 Å². The molecule has 0 saturated heterocycles. The van der Waals surface area contributed by atoms with Crippen LogP contribution in [-0.2, 0) is 7.05 Å². The van der Waals surface area contributed by atoms with Gasteiger partial charge >= 0.3 is 5.97 Å². The number of nitrogens with zero attached hydrogens (tertiary/aromatic N) is 1. The number of aromatic nitrogens is 1. The van der Waals surface area contributed by atoms with Crippen LogP contribution < -0.4 is 0 Å². The number of carboxylic acid groups (broad SMARTS) is 1. The molecule has 0 unspecified atom stereocenters. The van der Waals surface area contributed by atoms with Crippen molar-refractivity contribution in [3.05, 3.63) is 23.3 Å². The van der Waals surface area contributed by atoms with Crippen LogP contribution in [0.2, 0.25) is 0 Å². The number of aryl methyl sites for hydroxylation is 1. The first-order valence-corrected chi connectivity index (χ1v) is 3.08. The van der Waals surface area contributed by atoms with Crippen LogP contribution in [0.25, 0.3) is 0 Å². The predicted molar refractivity (Wildman–Crippen MR) is 37.1 cm³/mol. The van der Waals surface area contributed by atoms with E-state index in [0.717, 1.165) is 6.20 Å². The second-order valence-electron chi connectivity index (χ2n) is 2.35. The minimum atomic E-state index is -1.22. The summed E-state index contributed by atoms with van der Waals surface area (Å²) in [6, 6.07) is 0. The Morgan fingerprint density at radius 3 is 2.45 bits per heavy atom. The number of carboxylic acids is 1. The van der Waals surface area contributed by atoms with Crippen molar-refractivity contribution in [1.82, 2.24) is 4.57 Å². The fraction of sp³-hybridized carbons (Fsp3) is 0.286. The van der Waals surface area contributed by atoms with Crippen LogP contribution in [0, 0.1) is 12.7 Å². The topological polar surface area (TPSA) is 42.2 Å². The number of hydrogen-bond acceptors (Lipinski definition) is 1. The molecule has 4 heteroatoms. The van der Waals surface area contributed by atoms with Gasteiger partial charge in [-0.05, 0) is 6.92 Å². The van der Waals surface area contributed by atoms with Gasteiger partial charge in [0, 0.05) is 18.9 Å². The Morgan fingerprint density at radius 2 is 2.27 bits per heavy atom. The zero-order valence-corrected chi connectivity index (χ0v) is 6.26.